The summed E-state index contributed by atoms with van der Waals surface area (Å²) < 4.78 is 0. The second-order valence-electron chi connectivity index (χ2n) is 5.17. The standard InChI is InChI=1S/C19H16O2/c1-13(19(20)21)15-11-12-16(14-7-3-2-4-8-14)18-10-6-5-9-17(15)18/h2-13H,1H3,(H,20,21)/t13-/m0/s1. The van der Waals surface area contributed by atoms with Crippen LogP contribution in [0.2, 0.25) is 0 Å². The first-order valence-corrected chi connectivity index (χ1v) is 6.98. The van der Waals surface area contributed by atoms with Crippen LogP contribution < -0.4 is 0 Å². The first-order valence-electron chi connectivity index (χ1n) is 6.98. The molecule has 0 aromatic heterocycles. The van der Waals surface area contributed by atoms with Crippen LogP contribution in [-0.2, 0) is 4.79 Å². The van der Waals surface area contributed by atoms with Crippen molar-refractivity contribution in [2.24, 2.45) is 0 Å². The fraction of sp³-hybridized carbons (Fsp3) is 0.105. The maximum absolute atomic E-state index is 11.3. The molecule has 1 atom stereocenters. The SMILES string of the molecule is C[C@H](C(=O)O)c1ccc(-c2ccccc2)c2ccccc12. The van der Waals surface area contributed by atoms with Gasteiger partial charge in [0.25, 0.3) is 0 Å². The molecule has 0 heterocycles. The average Bonchev–Trinajstić information content (AvgIpc) is 2.54. The monoisotopic (exact) mass is 276 g/mol. The number of carbonyl (C=O) groups is 1. The van der Waals surface area contributed by atoms with Crippen molar-refractivity contribution < 1.29 is 9.90 Å². The minimum absolute atomic E-state index is 0.514. The van der Waals surface area contributed by atoms with Gasteiger partial charge in [-0.2, -0.15) is 0 Å². The van der Waals surface area contributed by atoms with E-state index in [4.69, 9.17) is 0 Å². The van der Waals surface area contributed by atoms with Crippen molar-refractivity contribution in [1.82, 2.24) is 0 Å². The normalized spacial score (nSPS) is 12.2. The summed E-state index contributed by atoms with van der Waals surface area (Å²) in [5.41, 5.74) is 3.13. The first kappa shape index (κ1) is 13.4. The highest BCUT2D eigenvalue weighted by Crippen LogP contribution is 2.33. The van der Waals surface area contributed by atoms with Gasteiger partial charge in [-0.3, -0.25) is 4.79 Å². The molecular weight excluding hydrogens is 260 g/mol. The van der Waals surface area contributed by atoms with Crippen molar-refractivity contribution in [3.05, 3.63) is 72.3 Å². The molecule has 3 aromatic rings. The number of carboxylic acids is 1. The van der Waals surface area contributed by atoms with Gasteiger partial charge >= 0.3 is 5.97 Å². The molecule has 2 nitrogen and oxygen atoms in total. The van der Waals surface area contributed by atoms with Crippen LogP contribution in [0.25, 0.3) is 21.9 Å². The Bertz CT molecular complexity index is 791. The summed E-state index contributed by atoms with van der Waals surface area (Å²) >= 11 is 0. The zero-order chi connectivity index (χ0) is 14.8. The van der Waals surface area contributed by atoms with Crippen LogP contribution in [0.4, 0.5) is 0 Å². The van der Waals surface area contributed by atoms with E-state index in [0.717, 1.165) is 27.5 Å². The van der Waals surface area contributed by atoms with Crippen LogP contribution in [0.15, 0.2) is 66.7 Å². The quantitative estimate of drug-likeness (QED) is 0.753. The van der Waals surface area contributed by atoms with E-state index in [1.807, 2.05) is 48.5 Å². The Morgan fingerprint density at radius 3 is 2.14 bits per heavy atom. The van der Waals surface area contributed by atoms with Crippen LogP contribution in [0.3, 0.4) is 0 Å². The number of rotatable bonds is 3. The second-order valence-corrected chi connectivity index (χ2v) is 5.17. The van der Waals surface area contributed by atoms with Gasteiger partial charge in [-0.05, 0) is 34.4 Å². The molecule has 104 valence electrons. The van der Waals surface area contributed by atoms with Gasteiger partial charge in [-0.25, -0.2) is 0 Å². The lowest BCUT2D eigenvalue weighted by Gasteiger charge is -2.14. The van der Waals surface area contributed by atoms with Gasteiger partial charge in [0.15, 0.2) is 0 Å². The number of aliphatic carboxylic acids is 1. The summed E-state index contributed by atoms with van der Waals surface area (Å²) in [6.45, 7) is 1.73. The third-order valence-electron chi connectivity index (χ3n) is 3.88. The summed E-state index contributed by atoms with van der Waals surface area (Å²) in [6.07, 6.45) is 0. The van der Waals surface area contributed by atoms with Crippen LogP contribution in [-0.4, -0.2) is 11.1 Å². The predicted octanol–water partition coefficient (Wildman–Crippen LogP) is 4.69. The molecule has 3 rings (SSSR count). The molecule has 0 radical (unpaired) electrons. The highest BCUT2D eigenvalue weighted by molar-refractivity contribution is 6.00. The predicted molar refractivity (Wildman–Crippen MR) is 85.4 cm³/mol. The molecule has 0 aliphatic carbocycles. The fourth-order valence-corrected chi connectivity index (χ4v) is 2.70. The second kappa shape index (κ2) is 5.41. The number of carboxylic acid groups (broad SMARTS) is 1. The van der Waals surface area contributed by atoms with Gasteiger partial charge in [0.05, 0.1) is 5.92 Å². The Morgan fingerprint density at radius 1 is 0.857 bits per heavy atom. The molecule has 0 unspecified atom stereocenters. The van der Waals surface area contributed by atoms with E-state index < -0.39 is 11.9 Å². The molecule has 0 aliphatic heterocycles. The smallest absolute Gasteiger partial charge is 0.310 e. The topological polar surface area (TPSA) is 37.3 Å². The van der Waals surface area contributed by atoms with E-state index in [-0.39, 0.29) is 0 Å². The summed E-state index contributed by atoms with van der Waals surface area (Å²) in [4.78, 5) is 11.3. The van der Waals surface area contributed by atoms with Gasteiger partial charge in [-0.1, -0.05) is 66.7 Å². The summed E-state index contributed by atoms with van der Waals surface area (Å²) in [5, 5.41) is 11.4. The van der Waals surface area contributed by atoms with E-state index in [9.17, 15) is 9.90 Å². The lowest BCUT2D eigenvalue weighted by molar-refractivity contribution is -0.138. The molecule has 0 saturated carbocycles. The molecule has 0 bridgehead atoms. The molecule has 0 amide bonds. The first-order chi connectivity index (χ1) is 10.2. The van der Waals surface area contributed by atoms with Gasteiger partial charge < -0.3 is 5.11 Å². The third-order valence-corrected chi connectivity index (χ3v) is 3.88. The molecule has 1 N–H and O–H groups in total. The Balaban J connectivity index is 2.27. The maximum atomic E-state index is 11.3. The molecular formula is C19H16O2. The van der Waals surface area contributed by atoms with E-state index in [1.54, 1.807) is 6.92 Å². The average molecular weight is 276 g/mol. The van der Waals surface area contributed by atoms with Gasteiger partial charge in [0.2, 0.25) is 0 Å². The van der Waals surface area contributed by atoms with Gasteiger partial charge in [0, 0.05) is 0 Å². The van der Waals surface area contributed by atoms with E-state index in [2.05, 4.69) is 18.2 Å². The third kappa shape index (κ3) is 2.40. The Hall–Kier alpha value is -2.61. The number of hydrogen-bond acceptors (Lipinski definition) is 1. The number of fused-ring (bicyclic) bond motifs is 1. The van der Waals surface area contributed by atoms with E-state index >= 15 is 0 Å². The Kier molecular flexibility index (Phi) is 3.44. The van der Waals surface area contributed by atoms with E-state index in [1.165, 1.54) is 0 Å². The highest BCUT2D eigenvalue weighted by atomic mass is 16.4. The van der Waals surface area contributed by atoms with Crippen LogP contribution in [0, 0.1) is 0 Å². The Labute approximate surface area is 123 Å². The lowest BCUT2D eigenvalue weighted by Crippen LogP contribution is -2.08. The van der Waals surface area contributed by atoms with Crippen molar-refractivity contribution >= 4 is 16.7 Å². The lowest BCUT2D eigenvalue weighted by atomic mass is 9.90. The molecule has 0 spiro atoms. The molecule has 3 aromatic carbocycles. The number of hydrogen-bond donors (Lipinski definition) is 1. The van der Waals surface area contributed by atoms with Crippen molar-refractivity contribution in [1.29, 1.82) is 0 Å². The van der Waals surface area contributed by atoms with Crippen LogP contribution in [0.1, 0.15) is 18.4 Å². The minimum atomic E-state index is -0.799. The summed E-state index contributed by atoms with van der Waals surface area (Å²) in [5.74, 6) is -1.31. The fourth-order valence-electron chi connectivity index (χ4n) is 2.70. The van der Waals surface area contributed by atoms with E-state index in [0.29, 0.717) is 0 Å². The molecule has 0 aliphatic rings. The molecule has 0 saturated heterocycles. The van der Waals surface area contributed by atoms with Crippen LogP contribution in [0.5, 0.6) is 0 Å². The molecule has 0 fully saturated rings. The molecule has 2 heteroatoms. The van der Waals surface area contributed by atoms with Crippen LogP contribution >= 0.6 is 0 Å². The summed E-state index contributed by atoms with van der Waals surface area (Å²) in [7, 11) is 0. The summed E-state index contributed by atoms with van der Waals surface area (Å²) in [6, 6.07) is 22.1. The Morgan fingerprint density at radius 2 is 1.48 bits per heavy atom. The zero-order valence-electron chi connectivity index (χ0n) is 11.8. The molecule has 21 heavy (non-hydrogen) atoms. The van der Waals surface area contributed by atoms with Crippen molar-refractivity contribution in [3.63, 3.8) is 0 Å². The number of benzene rings is 3. The maximum Gasteiger partial charge on any atom is 0.310 e. The minimum Gasteiger partial charge on any atom is -0.481 e. The highest BCUT2D eigenvalue weighted by Gasteiger charge is 2.17. The van der Waals surface area contributed by atoms with Gasteiger partial charge in [0.1, 0.15) is 0 Å². The van der Waals surface area contributed by atoms with Gasteiger partial charge in [-0.15, -0.1) is 0 Å². The zero-order valence-corrected chi connectivity index (χ0v) is 11.8. The van der Waals surface area contributed by atoms with Crippen molar-refractivity contribution in [3.8, 4) is 11.1 Å². The van der Waals surface area contributed by atoms with Crippen molar-refractivity contribution in [2.45, 2.75) is 12.8 Å². The van der Waals surface area contributed by atoms with Crippen molar-refractivity contribution in [2.75, 3.05) is 0 Å². The largest absolute Gasteiger partial charge is 0.481 e.